The van der Waals surface area contributed by atoms with Crippen molar-refractivity contribution < 1.29 is 4.21 Å². The van der Waals surface area contributed by atoms with Crippen molar-refractivity contribution in [2.24, 2.45) is 4.36 Å². The number of rotatable bonds is 9. The fourth-order valence-electron chi connectivity index (χ4n) is 5.00. The molecule has 0 saturated carbocycles. The molecule has 0 amide bonds. The molecule has 10 nitrogen and oxygen atoms in total. The summed E-state index contributed by atoms with van der Waals surface area (Å²) < 4.78 is 18.6. The molecule has 1 fully saturated rings. The first-order valence-corrected chi connectivity index (χ1v) is 16.4. The lowest BCUT2D eigenvalue weighted by molar-refractivity contribution is 0.229. The number of pyridine rings is 1. The quantitative estimate of drug-likeness (QED) is 0.306. The zero-order valence-corrected chi connectivity index (χ0v) is 25.7. The topological polar surface area (TPSA) is 94.8 Å². The van der Waals surface area contributed by atoms with Gasteiger partial charge in [-0.15, -0.1) is 0 Å². The van der Waals surface area contributed by atoms with Gasteiger partial charge < -0.3 is 15.1 Å². The number of anilines is 3. The van der Waals surface area contributed by atoms with Gasteiger partial charge in [-0.2, -0.15) is 9.35 Å². The van der Waals surface area contributed by atoms with E-state index in [0.29, 0.717) is 17.6 Å². The average molecular weight is 576 g/mol. The van der Waals surface area contributed by atoms with Crippen LogP contribution in [0.15, 0.2) is 59.1 Å². The van der Waals surface area contributed by atoms with Gasteiger partial charge in [-0.3, -0.25) is 9.47 Å². The summed E-state index contributed by atoms with van der Waals surface area (Å²) in [6, 6.07) is 16.2. The first-order valence-electron chi connectivity index (χ1n) is 14.1. The molecule has 1 aliphatic heterocycles. The molecule has 218 valence electrons. The standard InChI is InChI=1S/C30H41N9OS/c1-22(2)26-20-23-21-31-30(34-29(23)39(26)28-9-7-8-27(33-28)35-41(5,6)40)32-24-10-12-25(13-11-24)38-18-16-37(17-19-38)15-14-36(3)4/h7-13,20-22H,14-19H2,1-6H3,(H,31,32,34). The van der Waals surface area contributed by atoms with Gasteiger partial charge in [0.1, 0.15) is 5.82 Å². The zero-order valence-electron chi connectivity index (χ0n) is 24.9. The lowest BCUT2D eigenvalue weighted by Crippen LogP contribution is -2.48. The van der Waals surface area contributed by atoms with Crippen molar-refractivity contribution in [3.05, 3.63) is 60.4 Å². The maximum absolute atomic E-state index is 12.3. The van der Waals surface area contributed by atoms with E-state index in [4.69, 9.17) is 9.97 Å². The highest BCUT2D eigenvalue weighted by Crippen LogP contribution is 2.29. The predicted molar refractivity (Wildman–Crippen MR) is 170 cm³/mol. The molecule has 1 aromatic carbocycles. The van der Waals surface area contributed by atoms with E-state index < -0.39 is 9.73 Å². The number of aromatic nitrogens is 4. The summed E-state index contributed by atoms with van der Waals surface area (Å²) in [5.74, 6) is 1.87. The Labute approximate surface area is 243 Å². The minimum absolute atomic E-state index is 0.229. The Kier molecular flexibility index (Phi) is 8.58. The van der Waals surface area contributed by atoms with Gasteiger partial charge in [0.15, 0.2) is 11.5 Å². The molecule has 5 rings (SSSR count). The van der Waals surface area contributed by atoms with Crippen molar-refractivity contribution in [3.8, 4) is 5.82 Å². The Morgan fingerprint density at radius 3 is 2.41 bits per heavy atom. The number of nitrogens with zero attached hydrogens (tertiary/aromatic N) is 8. The van der Waals surface area contributed by atoms with Crippen molar-refractivity contribution in [1.29, 1.82) is 0 Å². The lowest BCUT2D eigenvalue weighted by Gasteiger charge is -2.36. The van der Waals surface area contributed by atoms with Crippen LogP contribution in [-0.4, -0.2) is 99.4 Å². The Bertz CT molecular complexity index is 1600. The highest BCUT2D eigenvalue weighted by molar-refractivity contribution is 7.92. The Balaban J connectivity index is 1.36. The number of benzene rings is 1. The molecule has 4 aromatic rings. The van der Waals surface area contributed by atoms with E-state index in [0.717, 1.165) is 61.7 Å². The molecular formula is C30H41N9OS. The van der Waals surface area contributed by atoms with E-state index in [1.54, 1.807) is 18.6 Å². The maximum atomic E-state index is 12.3. The number of piperazine rings is 1. The maximum Gasteiger partial charge on any atom is 0.229 e. The predicted octanol–water partition coefficient (Wildman–Crippen LogP) is 4.73. The Morgan fingerprint density at radius 1 is 1.02 bits per heavy atom. The fourth-order valence-corrected chi connectivity index (χ4v) is 5.56. The first-order chi connectivity index (χ1) is 19.6. The zero-order chi connectivity index (χ0) is 29.1. The largest absolute Gasteiger partial charge is 0.369 e. The summed E-state index contributed by atoms with van der Waals surface area (Å²) in [4.78, 5) is 21.4. The number of hydrogen-bond acceptors (Lipinski definition) is 9. The van der Waals surface area contributed by atoms with Crippen LogP contribution in [0.3, 0.4) is 0 Å². The van der Waals surface area contributed by atoms with Gasteiger partial charge in [0.25, 0.3) is 0 Å². The molecule has 4 heterocycles. The number of fused-ring (bicyclic) bond motifs is 1. The van der Waals surface area contributed by atoms with Crippen LogP contribution in [0.1, 0.15) is 25.5 Å². The molecule has 0 unspecified atom stereocenters. The number of hydrogen-bond donors (Lipinski definition) is 1. The first kappa shape index (κ1) is 29.0. The van der Waals surface area contributed by atoms with Crippen molar-refractivity contribution in [1.82, 2.24) is 29.3 Å². The van der Waals surface area contributed by atoms with Crippen LogP contribution in [0.5, 0.6) is 0 Å². The van der Waals surface area contributed by atoms with E-state index in [1.165, 1.54) is 5.69 Å². The Morgan fingerprint density at radius 2 is 1.76 bits per heavy atom. The monoisotopic (exact) mass is 575 g/mol. The van der Waals surface area contributed by atoms with Crippen LogP contribution < -0.4 is 10.2 Å². The van der Waals surface area contributed by atoms with Crippen molar-refractivity contribution >= 4 is 43.9 Å². The molecule has 11 heteroatoms. The van der Waals surface area contributed by atoms with Crippen LogP contribution in [0.2, 0.25) is 0 Å². The summed E-state index contributed by atoms with van der Waals surface area (Å²) in [7, 11) is 1.92. The second kappa shape index (κ2) is 12.1. The third-order valence-electron chi connectivity index (χ3n) is 7.15. The molecular weight excluding hydrogens is 534 g/mol. The summed E-state index contributed by atoms with van der Waals surface area (Å²) in [6.45, 7) is 10.7. The summed E-state index contributed by atoms with van der Waals surface area (Å²) >= 11 is 0. The molecule has 3 aromatic heterocycles. The van der Waals surface area contributed by atoms with Crippen LogP contribution in [0, 0.1) is 0 Å². The van der Waals surface area contributed by atoms with Gasteiger partial charge >= 0.3 is 0 Å². The van der Waals surface area contributed by atoms with Gasteiger partial charge in [-0.05, 0) is 62.5 Å². The molecule has 0 atom stereocenters. The van der Waals surface area contributed by atoms with Gasteiger partial charge in [-0.1, -0.05) is 19.9 Å². The number of nitrogens with one attached hydrogen (secondary N) is 1. The summed E-state index contributed by atoms with van der Waals surface area (Å²) in [5, 5.41) is 4.31. The molecule has 0 bridgehead atoms. The van der Waals surface area contributed by atoms with E-state index in [1.807, 2.05) is 22.9 Å². The lowest BCUT2D eigenvalue weighted by atomic mass is 10.1. The van der Waals surface area contributed by atoms with Crippen molar-refractivity contribution in [2.75, 3.05) is 76.1 Å². The van der Waals surface area contributed by atoms with E-state index in [-0.39, 0.29) is 5.92 Å². The van der Waals surface area contributed by atoms with Gasteiger partial charge in [0, 0.05) is 90.2 Å². The highest BCUT2D eigenvalue weighted by Gasteiger charge is 2.19. The highest BCUT2D eigenvalue weighted by atomic mass is 32.2. The molecule has 0 radical (unpaired) electrons. The third-order valence-corrected chi connectivity index (χ3v) is 7.77. The van der Waals surface area contributed by atoms with Gasteiger partial charge in [-0.25, -0.2) is 14.2 Å². The second-order valence-corrected chi connectivity index (χ2v) is 14.0. The fraction of sp³-hybridized carbons (Fsp3) is 0.433. The molecule has 1 saturated heterocycles. The van der Waals surface area contributed by atoms with Gasteiger partial charge in [0.2, 0.25) is 5.95 Å². The van der Waals surface area contributed by atoms with Crippen LogP contribution in [0.4, 0.5) is 23.1 Å². The molecule has 1 N–H and O–H groups in total. The van der Waals surface area contributed by atoms with Crippen LogP contribution in [-0.2, 0) is 9.73 Å². The Hall–Kier alpha value is -3.54. The van der Waals surface area contributed by atoms with Crippen LogP contribution >= 0.6 is 0 Å². The van der Waals surface area contributed by atoms with Crippen molar-refractivity contribution in [3.63, 3.8) is 0 Å². The SMILES string of the molecule is CC(C)c1cc2cnc(Nc3ccc(N4CCN(CCN(C)C)CC4)cc3)nc2n1-c1cccc(N=S(C)(C)=O)n1. The summed E-state index contributed by atoms with van der Waals surface area (Å²) in [5.41, 5.74) is 3.98. The molecule has 1 aliphatic rings. The second-order valence-electron chi connectivity index (χ2n) is 11.5. The van der Waals surface area contributed by atoms with E-state index in [2.05, 4.69) is 87.6 Å². The van der Waals surface area contributed by atoms with Gasteiger partial charge in [0.05, 0.1) is 0 Å². The average Bonchev–Trinajstić information content (AvgIpc) is 3.31. The van der Waals surface area contributed by atoms with Crippen molar-refractivity contribution in [2.45, 2.75) is 19.8 Å². The molecule has 0 aliphatic carbocycles. The molecule has 0 spiro atoms. The number of likely N-dealkylation sites (N-methyl/N-ethyl adjacent to an activating group) is 1. The van der Waals surface area contributed by atoms with E-state index in [9.17, 15) is 4.21 Å². The summed E-state index contributed by atoms with van der Waals surface area (Å²) in [6.07, 6.45) is 5.06. The van der Waals surface area contributed by atoms with Crippen LogP contribution in [0.25, 0.3) is 16.9 Å². The third kappa shape index (κ3) is 7.22. The van der Waals surface area contributed by atoms with E-state index >= 15 is 0 Å². The normalized spacial score (nSPS) is 14.8. The minimum atomic E-state index is -2.33. The minimum Gasteiger partial charge on any atom is -0.369 e. The smallest absolute Gasteiger partial charge is 0.229 e. The molecule has 41 heavy (non-hydrogen) atoms.